The molecule has 0 heterocycles. The molecular weight excluding hydrogens is 321 g/mol. The van der Waals surface area contributed by atoms with Crippen LogP contribution in [0.4, 0.5) is 4.39 Å². The third-order valence-electron chi connectivity index (χ3n) is 2.60. The van der Waals surface area contributed by atoms with Crippen LogP contribution in [0, 0.1) is 5.82 Å². The smallest absolute Gasteiger partial charge is 0.257 e. The molecule has 0 aliphatic heterocycles. The molecule has 5 heteroatoms. The molecule has 1 aromatic carbocycles. The van der Waals surface area contributed by atoms with Crippen molar-refractivity contribution in [3.05, 3.63) is 34.6 Å². The van der Waals surface area contributed by atoms with Gasteiger partial charge in [-0.15, -0.1) is 0 Å². The number of nitrogens with zero attached hydrogens (tertiary/aromatic N) is 1. The molecule has 0 atom stereocenters. The molecule has 0 saturated heterocycles. The number of carbonyl (C=O) groups is 1. The fourth-order valence-corrected chi connectivity index (χ4v) is 2.07. The van der Waals surface area contributed by atoms with Crippen LogP contribution in [0.15, 0.2) is 18.2 Å². The highest BCUT2D eigenvalue weighted by Crippen LogP contribution is 2.20. The Morgan fingerprint density at radius 1 is 1.50 bits per heavy atom. The van der Waals surface area contributed by atoms with Gasteiger partial charge in [0.25, 0.3) is 5.91 Å². The summed E-state index contributed by atoms with van der Waals surface area (Å²) in [5.41, 5.74) is 0.0331. The highest BCUT2D eigenvalue weighted by atomic mass is 79.9. The standard InChI is InChI=1S/C13H16BrClFNO/c1-9(2)17(8-4-7-14)13(18)10-5-3-6-11(15)12(10)16/h3,5-6,9H,4,7-8H2,1-2H3. The van der Waals surface area contributed by atoms with Gasteiger partial charge < -0.3 is 4.90 Å². The van der Waals surface area contributed by atoms with Crippen molar-refractivity contribution < 1.29 is 9.18 Å². The van der Waals surface area contributed by atoms with Crippen LogP contribution >= 0.6 is 27.5 Å². The molecule has 0 N–H and O–H groups in total. The molecule has 1 rings (SSSR count). The van der Waals surface area contributed by atoms with E-state index in [1.54, 1.807) is 11.0 Å². The first-order valence-corrected chi connectivity index (χ1v) is 7.30. The Hall–Kier alpha value is -0.610. The molecule has 0 aromatic heterocycles. The van der Waals surface area contributed by atoms with Gasteiger partial charge in [0.05, 0.1) is 10.6 Å². The highest BCUT2D eigenvalue weighted by molar-refractivity contribution is 9.09. The van der Waals surface area contributed by atoms with E-state index in [1.165, 1.54) is 12.1 Å². The van der Waals surface area contributed by atoms with Gasteiger partial charge in [0.15, 0.2) is 5.82 Å². The van der Waals surface area contributed by atoms with Gasteiger partial charge >= 0.3 is 0 Å². The molecule has 18 heavy (non-hydrogen) atoms. The summed E-state index contributed by atoms with van der Waals surface area (Å²) in [7, 11) is 0. The Labute approximate surface area is 120 Å². The quantitative estimate of drug-likeness (QED) is 0.741. The molecule has 0 aliphatic rings. The monoisotopic (exact) mass is 335 g/mol. The summed E-state index contributed by atoms with van der Waals surface area (Å²) in [6.45, 7) is 4.41. The minimum atomic E-state index is -0.645. The van der Waals surface area contributed by atoms with Gasteiger partial charge in [0.2, 0.25) is 0 Å². The van der Waals surface area contributed by atoms with Crippen LogP contribution < -0.4 is 0 Å². The van der Waals surface area contributed by atoms with E-state index in [2.05, 4.69) is 15.9 Å². The van der Waals surface area contributed by atoms with Crippen molar-refractivity contribution >= 4 is 33.4 Å². The zero-order valence-corrected chi connectivity index (χ0v) is 12.8. The number of hydrogen-bond donors (Lipinski definition) is 0. The second-order valence-electron chi connectivity index (χ2n) is 4.24. The summed E-state index contributed by atoms with van der Waals surface area (Å²) in [6, 6.07) is 4.51. The zero-order valence-electron chi connectivity index (χ0n) is 10.4. The molecule has 0 spiro atoms. The maximum atomic E-state index is 13.8. The van der Waals surface area contributed by atoms with Crippen LogP contribution in [0.1, 0.15) is 30.6 Å². The molecule has 0 bridgehead atoms. The third kappa shape index (κ3) is 3.69. The molecular formula is C13H16BrClFNO. The normalized spacial score (nSPS) is 10.8. The lowest BCUT2D eigenvalue weighted by Crippen LogP contribution is -2.38. The number of halogens is 3. The van der Waals surface area contributed by atoms with Crippen LogP contribution in [0.25, 0.3) is 0 Å². The zero-order chi connectivity index (χ0) is 13.7. The van der Waals surface area contributed by atoms with Crippen molar-refractivity contribution in [3.8, 4) is 0 Å². The summed E-state index contributed by atoms with van der Waals surface area (Å²) >= 11 is 9.02. The molecule has 1 amide bonds. The van der Waals surface area contributed by atoms with Crippen molar-refractivity contribution in [2.24, 2.45) is 0 Å². The minimum Gasteiger partial charge on any atom is -0.336 e. The van der Waals surface area contributed by atoms with E-state index in [-0.39, 0.29) is 22.5 Å². The summed E-state index contributed by atoms with van der Waals surface area (Å²) in [6.07, 6.45) is 0.826. The predicted molar refractivity (Wildman–Crippen MR) is 76.0 cm³/mol. The number of benzene rings is 1. The van der Waals surface area contributed by atoms with E-state index in [0.717, 1.165) is 11.8 Å². The van der Waals surface area contributed by atoms with Gasteiger partial charge in [-0.25, -0.2) is 4.39 Å². The van der Waals surface area contributed by atoms with Crippen LogP contribution in [-0.2, 0) is 0 Å². The fourth-order valence-electron chi connectivity index (χ4n) is 1.65. The lowest BCUT2D eigenvalue weighted by molar-refractivity contribution is 0.0702. The van der Waals surface area contributed by atoms with Crippen molar-refractivity contribution in [1.29, 1.82) is 0 Å². The average Bonchev–Trinajstić information content (AvgIpc) is 2.32. The van der Waals surface area contributed by atoms with Gasteiger partial charge in [-0.1, -0.05) is 33.6 Å². The van der Waals surface area contributed by atoms with Crippen molar-refractivity contribution in [2.45, 2.75) is 26.3 Å². The fraction of sp³-hybridized carbons (Fsp3) is 0.462. The number of amides is 1. The Bertz CT molecular complexity index is 425. The topological polar surface area (TPSA) is 20.3 Å². The minimum absolute atomic E-state index is 0.0231. The first-order chi connectivity index (χ1) is 8.49. The molecule has 0 unspecified atom stereocenters. The van der Waals surface area contributed by atoms with Crippen molar-refractivity contribution in [2.75, 3.05) is 11.9 Å². The Morgan fingerprint density at radius 3 is 2.72 bits per heavy atom. The largest absolute Gasteiger partial charge is 0.336 e. The first-order valence-electron chi connectivity index (χ1n) is 5.80. The predicted octanol–water partition coefficient (Wildman–Crippen LogP) is 4.11. The van der Waals surface area contributed by atoms with Gasteiger partial charge in [-0.3, -0.25) is 4.79 Å². The molecule has 1 aromatic rings. The van der Waals surface area contributed by atoms with E-state index >= 15 is 0 Å². The van der Waals surface area contributed by atoms with Crippen molar-refractivity contribution in [3.63, 3.8) is 0 Å². The molecule has 0 fully saturated rings. The molecule has 100 valence electrons. The average molecular weight is 337 g/mol. The number of alkyl halides is 1. The van der Waals surface area contributed by atoms with Crippen LogP contribution in [-0.4, -0.2) is 28.7 Å². The van der Waals surface area contributed by atoms with Crippen LogP contribution in [0.2, 0.25) is 5.02 Å². The number of hydrogen-bond acceptors (Lipinski definition) is 1. The molecule has 0 radical (unpaired) electrons. The summed E-state index contributed by atoms with van der Waals surface area (Å²) < 4.78 is 13.8. The highest BCUT2D eigenvalue weighted by Gasteiger charge is 2.22. The van der Waals surface area contributed by atoms with Gasteiger partial charge in [0, 0.05) is 17.9 Å². The van der Waals surface area contributed by atoms with Crippen LogP contribution in [0.3, 0.4) is 0 Å². The van der Waals surface area contributed by atoms with Crippen LogP contribution in [0.5, 0.6) is 0 Å². The second-order valence-corrected chi connectivity index (χ2v) is 5.44. The lowest BCUT2D eigenvalue weighted by Gasteiger charge is -2.26. The number of carbonyl (C=O) groups excluding carboxylic acids is 1. The lowest BCUT2D eigenvalue weighted by atomic mass is 10.1. The maximum absolute atomic E-state index is 13.8. The van der Waals surface area contributed by atoms with Crippen molar-refractivity contribution in [1.82, 2.24) is 4.90 Å². The second kappa shape index (κ2) is 7.10. The van der Waals surface area contributed by atoms with E-state index in [4.69, 9.17) is 11.6 Å². The van der Waals surface area contributed by atoms with Gasteiger partial charge in [0.1, 0.15) is 0 Å². The Kier molecular flexibility index (Phi) is 6.09. The molecule has 0 saturated carbocycles. The first kappa shape index (κ1) is 15.4. The van der Waals surface area contributed by atoms with Gasteiger partial charge in [-0.05, 0) is 32.4 Å². The van der Waals surface area contributed by atoms with E-state index < -0.39 is 5.82 Å². The molecule has 2 nitrogen and oxygen atoms in total. The summed E-state index contributed by atoms with van der Waals surface area (Å²) in [5.74, 6) is -0.959. The Balaban J connectivity index is 2.98. The summed E-state index contributed by atoms with van der Waals surface area (Å²) in [5, 5.41) is 0.784. The van der Waals surface area contributed by atoms with E-state index in [9.17, 15) is 9.18 Å². The number of rotatable bonds is 5. The third-order valence-corrected chi connectivity index (χ3v) is 3.45. The Morgan fingerprint density at radius 2 is 2.17 bits per heavy atom. The van der Waals surface area contributed by atoms with E-state index in [1.807, 2.05) is 13.8 Å². The van der Waals surface area contributed by atoms with Gasteiger partial charge in [-0.2, -0.15) is 0 Å². The maximum Gasteiger partial charge on any atom is 0.257 e. The summed E-state index contributed by atoms with van der Waals surface area (Å²) in [4.78, 5) is 13.9. The SMILES string of the molecule is CC(C)N(CCCBr)C(=O)c1cccc(Cl)c1F. The van der Waals surface area contributed by atoms with E-state index in [0.29, 0.717) is 6.54 Å². The molecule has 0 aliphatic carbocycles.